The van der Waals surface area contributed by atoms with Crippen molar-refractivity contribution < 1.29 is 8.42 Å². The summed E-state index contributed by atoms with van der Waals surface area (Å²) in [7, 11) is -3.48. The van der Waals surface area contributed by atoms with Gasteiger partial charge in [0, 0.05) is 24.8 Å². The van der Waals surface area contributed by atoms with E-state index in [1.165, 1.54) is 10.6 Å². The van der Waals surface area contributed by atoms with Gasteiger partial charge in [-0.1, -0.05) is 20.8 Å². The average Bonchev–Trinajstić information content (AvgIpc) is 2.66. The van der Waals surface area contributed by atoms with Crippen LogP contribution in [0.15, 0.2) is 35.5 Å². The van der Waals surface area contributed by atoms with Gasteiger partial charge in [-0.05, 0) is 37.6 Å². The molecule has 0 radical (unpaired) electrons. The van der Waals surface area contributed by atoms with Crippen molar-refractivity contribution in [2.45, 2.75) is 45.1 Å². The van der Waals surface area contributed by atoms with Gasteiger partial charge in [0.2, 0.25) is 10.0 Å². The van der Waals surface area contributed by atoms with E-state index in [-0.39, 0.29) is 10.9 Å². The molecule has 1 atom stereocenters. The monoisotopic (exact) mass is 392 g/mol. The number of hydrogen-bond acceptors (Lipinski definition) is 7. The van der Waals surface area contributed by atoms with Crippen LogP contribution in [0.1, 0.15) is 34.1 Å². The minimum Gasteiger partial charge on any atom is -0.393 e. The summed E-state index contributed by atoms with van der Waals surface area (Å²) in [5.41, 5.74) is 7.26. The van der Waals surface area contributed by atoms with Gasteiger partial charge >= 0.3 is 0 Å². The minimum absolute atomic E-state index is 0.236. The topological polar surface area (TPSA) is 113 Å². The summed E-state index contributed by atoms with van der Waals surface area (Å²) in [6, 6.07) is 6.77. The van der Waals surface area contributed by atoms with E-state index in [2.05, 4.69) is 27.5 Å². The summed E-state index contributed by atoms with van der Waals surface area (Å²) < 4.78 is 26.5. The number of hydrogen-bond donors (Lipinski definition) is 3. The molecule has 9 heteroatoms. The van der Waals surface area contributed by atoms with E-state index in [0.29, 0.717) is 36.1 Å². The molecule has 27 heavy (non-hydrogen) atoms. The Morgan fingerprint density at radius 1 is 1.07 bits per heavy atom. The molecule has 0 spiro atoms. The first kappa shape index (κ1) is 20.9. The van der Waals surface area contributed by atoms with Gasteiger partial charge in [-0.15, -0.1) is 0 Å². The number of aromatic nitrogens is 2. The largest absolute Gasteiger partial charge is 0.393 e. The van der Waals surface area contributed by atoms with Crippen LogP contribution in [0.4, 0.5) is 23.0 Å². The van der Waals surface area contributed by atoms with Crippen molar-refractivity contribution >= 4 is 33.0 Å². The van der Waals surface area contributed by atoms with E-state index >= 15 is 0 Å². The fourth-order valence-electron chi connectivity index (χ4n) is 2.51. The second-order valence-electron chi connectivity index (χ2n) is 6.18. The lowest BCUT2D eigenvalue weighted by molar-refractivity contribution is 0.445. The fourth-order valence-corrected chi connectivity index (χ4v) is 3.96. The lowest BCUT2D eigenvalue weighted by Crippen LogP contribution is -2.30. The second-order valence-corrected chi connectivity index (χ2v) is 8.11. The molecular weight excluding hydrogens is 364 g/mol. The van der Waals surface area contributed by atoms with Crippen LogP contribution in [-0.4, -0.2) is 41.8 Å². The van der Waals surface area contributed by atoms with E-state index in [1.807, 2.05) is 20.8 Å². The number of benzene rings is 1. The van der Waals surface area contributed by atoms with Gasteiger partial charge in [0.15, 0.2) is 11.6 Å². The summed E-state index contributed by atoms with van der Waals surface area (Å²) in [6.45, 7) is 8.62. The minimum atomic E-state index is -3.48. The van der Waals surface area contributed by atoms with Crippen LogP contribution in [0.2, 0.25) is 0 Å². The van der Waals surface area contributed by atoms with Gasteiger partial charge in [-0.25, -0.2) is 18.4 Å². The first-order valence-electron chi connectivity index (χ1n) is 9.07. The third kappa shape index (κ3) is 4.86. The fraction of sp³-hybridized carbons (Fsp3) is 0.444. The van der Waals surface area contributed by atoms with Crippen LogP contribution < -0.4 is 16.4 Å². The molecule has 0 bridgehead atoms. The van der Waals surface area contributed by atoms with Gasteiger partial charge < -0.3 is 16.4 Å². The van der Waals surface area contributed by atoms with Gasteiger partial charge in [0.25, 0.3) is 0 Å². The predicted octanol–water partition coefficient (Wildman–Crippen LogP) is 3.04. The van der Waals surface area contributed by atoms with Crippen LogP contribution in [0.25, 0.3) is 0 Å². The zero-order valence-corrected chi connectivity index (χ0v) is 17.0. The summed E-state index contributed by atoms with van der Waals surface area (Å²) >= 11 is 0. The number of anilines is 4. The molecule has 1 aromatic carbocycles. The lowest BCUT2D eigenvalue weighted by atomic mass is 10.2. The van der Waals surface area contributed by atoms with Crippen molar-refractivity contribution in [2.75, 3.05) is 29.5 Å². The average molecular weight is 393 g/mol. The molecule has 2 rings (SSSR count). The predicted molar refractivity (Wildman–Crippen MR) is 110 cm³/mol. The number of nitrogens with zero attached hydrogens (tertiary/aromatic N) is 3. The normalized spacial score (nSPS) is 12.8. The molecule has 148 valence electrons. The Kier molecular flexibility index (Phi) is 6.98. The van der Waals surface area contributed by atoms with E-state index < -0.39 is 10.0 Å². The SMILES string of the molecule is CCC(C)Nc1ncnc(Nc2ccc(S(=O)(=O)N(CC)CC)cc2)c1N. The second kappa shape index (κ2) is 9.01. The molecule has 8 nitrogen and oxygen atoms in total. The first-order chi connectivity index (χ1) is 12.8. The summed E-state index contributed by atoms with van der Waals surface area (Å²) in [6.07, 6.45) is 2.37. The molecule has 0 fully saturated rings. The zero-order chi connectivity index (χ0) is 20.0. The summed E-state index contributed by atoms with van der Waals surface area (Å²) in [4.78, 5) is 8.62. The van der Waals surface area contributed by atoms with Crippen LogP contribution >= 0.6 is 0 Å². The Morgan fingerprint density at radius 3 is 2.22 bits per heavy atom. The van der Waals surface area contributed by atoms with Crippen LogP contribution in [-0.2, 0) is 10.0 Å². The van der Waals surface area contributed by atoms with Crippen LogP contribution in [0.5, 0.6) is 0 Å². The highest BCUT2D eigenvalue weighted by atomic mass is 32.2. The Balaban J connectivity index is 2.21. The van der Waals surface area contributed by atoms with E-state index in [0.717, 1.165) is 6.42 Å². The van der Waals surface area contributed by atoms with E-state index in [4.69, 9.17) is 5.73 Å². The third-order valence-electron chi connectivity index (χ3n) is 4.34. The third-order valence-corrected chi connectivity index (χ3v) is 6.40. The number of rotatable bonds is 9. The van der Waals surface area contributed by atoms with E-state index in [1.54, 1.807) is 24.3 Å². The van der Waals surface area contributed by atoms with Gasteiger partial charge in [-0.2, -0.15) is 4.31 Å². The highest BCUT2D eigenvalue weighted by Gasteiger charge is 2.21. The zero-order valence-electron chi connectivity index (χ0n) is 16.2. The molecule has 0 aliphatic carbocycles. The first-order valence-corrected chi connectivity index (χ1v) is 10.5. The Hall–Kier alpha value is -2.39. The summed E-state index contributed by atoms with van der Waals surface area (Å²) in [5.74, 6) is 1.04. The van der Waals surface area contributed by atoms with Crippen molar-refractivity contribution in [3.05, 3.63) is 30.6 Å². The maximum absolute atomic E-state index is 12.6. The molecule has 1 unspecified atom stereocenters. The highest BCUT2D eigenvalue weighted by Crippen LogP contribution is 2.27. The van der Waals surface area contributed by atoms with Crippen molar-refractivity contribution in [2.24, 2.45) is 0 Å². The molecule has 0 amide bonds. The van der Waals surface area contributed by atoms with Crippen molar-refractivity contribution in [1.82, 2.24) is 14.3 Å². The molecule has 0 aliphatic heterocycles. The Bertz CT molecular complexity index is 851. The van der Waals surface area contributed by atoms with Gasteiger partial charge in [0.1, 0.15) is 12.0 Å². The maximum atomic E-state index is 12.6. The van der Waals surface area contributed by atoms with Crippen LogP contribution in [0.3, 0.4) is 0 Å². The molecule has 0 saturated carbocycles. The number of nitrogens with one attached hydrogen (secondary N) is 2. The van der Waals surface area contributed by atoms with Crippen molar-refractivity contribution in [3.8, 4) is 0 Å². The quantitative estimate of drug-likeness (QED) is 0.601. The molecule has 2 aromatic rings. The Morgan fingerprint density at radius 2 is 1.67 bits per heavy atom. The molecule has 1 heterocycles. The Labute approximate surface area is 161 Å². The van der Waals surface area contributed by atoms with Crippen molar-refractivity contribution in [1.29, 1.82) is 0 Å². The molecule has 4 N–H and O–H groups in total. The molecular formula is C18H28N6O2S. The highest BCUT2D eigenvalue weighted by molar-refractivity contribution is 7.89. The van der Waals surface area contributed by atoms with Crippen LogP contribution in [0, 0.1) is 0 Å². The van der Waals surface area contributed by atoms with E-state index in [9.17, 15) is 8.42 Å². The summed E-state index contributed by atoms with van der Waals surface area (Å²) in [5, 5.41) is 6.35. The maximum Gasteiger partial charge on any atom is 0.243 e. The smallest absolute Gasteiger partial charge is 0.243 e. The van der Waals surface area contributed by atoms with Gasteiger partial charge in [-0.3, -0.25) is 0 Å². The number of sulfonamides is 1. The molecule has 0 saturated heterocycles. The van der Waals surface area contributed by atoms with Crippen molar-refractivity contribution in [3.63, 3.8) is 0 Å². The standard InChI is InChI=1S/C18H28N6O2S/c1-5-13(4)22-17-16(19)18(21-12-20-17)23-14-8-10-15(11-9-14)27(25,26)24(6-2)7-3/h8-13H,5-7,19H2,1-4H3,(H2,20,21,22,23). The van der Waals surface area contributed by atoms with Gasteiger partial charge in [0.05, 0.1) is 4.90 Å². The molecule has 1 aromatic heterocycles. The molecule has 0 aliphatic rings. The number of nitrogen functional groups attached to an aromatic ring is 1. The number of nitrogens with two attached hydrogens (primary N) is 1. The lowest BCUT2D eigenvalue weighted by Gasteiger charge is -2.19.